The molecule has 27 heavy (non-hydrogen) atoms. The third-order valence-corrected chi connectivity index (χ3v) is 10.3. The molecule has 0 spiro atoms. The topological polar surface area (TPSA) is 63.3 Å². The van der Waals surface area contributed by atoms with E-state index in [2.05, 4.69) is 20.8 Å². The summed E-state index contributed by atoms with van der Waals surface area (Å²) in [6.45, 7) is 7.52. The number of rotatable bonds is 4. The molecule has 3 nitrogen and oxygen atoms in total. The van der Waals surface area contributed by atoms with Crippen molar-refractivity contribution < 1.29 is 9.90 Å². The average Bonchev–Trinajstić information content (AvgIpc) is 2.97. The molecule has 0 saturated heterocycles. The van der Waals surface area contributed by atoms with Gasteiger partial charge in [-0.1, -0.05) is 20.8 Å². The Balaban J connectivity index is 1.51. The van der Waals surface area contributed by atoms with Crippen molar-refractivity contribution in [1.82, 2.24) is 0 Å². The van der Waals surface area contributed by atoms with Gasteiger partial charge in [0, 0.05) is 12.5 Å². The van der Waals surface area contributed by atoms with Crippen LogP contribution in [0.3, 0.4) is 0 Å². The zero-order valence-corrected chi connectivity index (χ0v) is 17.8. The van der Waals surface area contributed by atoms with E-state index in [1.807, 2.05) is 0 Å². The van der Waals surface area contributed by atoms with E-state index in [-0.39, 0.29) is 0 Å². The van der Waals surface area contributed by atoms with Crippen molar-refractivity contribution in [3.63, 3.8) is 0 Å². The zero-order chi connectivity index (χ0) is 19.4. The molecule has 0 aromatic rings. The number of aliphatic carboxylic acids is 1. The molecule has 4 rings (SSSR count). The maximum atomic E-state index is 11.1. The first-order valence-corrected chi connectivity index (χ1v) is 11.7. The second kappa shape index (κ2) is 7.04. The molecular formula is C24H41NO2. The Morgan fingerprint density at radius 3 is 2.48 bits per heavy atom. The number of nitrogens with two attached hydrogens (primary N) is 1. The molecule has 9 atom stereocenters. The van der Waals surface area contributed by atoms with Crippen LogP contribution in [-0.4, -0.2) is 17.1 Å². The molecule has 3 heteroatoms. The highest BCUT2D eigenvalue weighted by molar-refractivity contribution is 5.66. The summed E-state index contributed by atoms with van der Waals surface area (Å²) in [6.07, 6.45) is 13.3. The van der Waals surface area contributed by atoms with E-state index in [9.17, 15) is 4.79 Å². The summed E-state index contributed by atoms with van der Waals surface area (Å²) in [7, 11) is 0. The van der Waals surface area contributed by atoms with Gasteiger partial charge in [0.05, 0.1) is 0 Å². The highest BCUT2D eigenvalue weighted by Crippen LogP contribution is 2.68. The Kier molecular flexibility index (Phi) is 5.15. The van der Waals surface area contributed by atoms with Crippen molar-refractivity contribution in [1.29, 1.82) is 0 Å². The predicted molar refractivity (Wildman–Crippen MR) is 109 cm³/mol. The van der Waals surface area contributed by atoms with Crippen LogP contribution in [0.1, 0.15) is 91.4 Å². The van der Waals surface area contributed by atoms with Crippen LogP contribution < -0.4 is 5.73 Å². The van der Waals surface area contributed by atoms with Gasteiger partial charge in [0.1, 0.15) is 0 Å². The monoisotopic (exact) mass is 375 g/mol. The number of hydrogen-bond acceptors (Lipinski definition) is 2. The molecule has 0 heterocycles. The van der Waals surface area contributed by atoms with E-state index in [0.717, 1.165) is 36.0 Å². The minimum atomic E-state index is -0.632. The van der Waals surface area contributed by atoms with Crippen LogP contribution in [0.4, 0.5) is 0 Å². The molecule has 0 aromatic heterocycles. The summed E-state index contributed by atoms with van der Waals surface area (Å²) >= 11 is 0. The Morgan fingerprint density at radius 2 is 1.74 bits per heavy atom. The smallest absolute Gasteiger partial charge is 0.303 e. The Hall–Kier alpha value is -0.570. The normalized spacial score (nSPS) is 50.4. The maximum Gasteiger partial charge on any atom is 0.303 e. The Bertz CT molecular complexity index is 577. The zero-order valence-electron chi connectivity index (χ0n) is 17.8. The fraction of sp³-hybridized carbons (Fsp3) is 0.958. The molecule has 0 aromatic carbocycles. The molecule has 0 amide bonds. The summed E-state index contributed by atoms with van der Waals surface area (Å²) in [5, 5.41) is 9.10. The summed E-state index contributed by atoms with van der Waals surface area (Å²) in [6, 6.07) is 0.444. The van der Waals surface area contributed by atoms with Crippen LogP contribution in [0.2, 0.25) is 0 Å². The van der Waals surface area contributed by atoms with Gasteiger partial charge in [0.15, 0.2) is 0 Å². The highest BCUT2D eigenvalue weighted by Gasteiger charge is 2.60. The summed E-state index contributed by atoms with van der Waals surface area (Å²) in [4.78, 5) is 11.1. The summed E-state index contributed by atoms with van der Waals surface area (Å²) in [5.41, 5.74) is 7.32. The van der Waals surface area contributed by atoms with Crippen molar-refractivity contribution in [2.45, 2.75) is 97.4 Å². The Labute approximate surface area is 165 Å². The van der Waals surface area contributed by atoms with Gasteiger partial charge in [0.25, 0.3) is 0 Å². The van der Waals surface area contributed by atoms with E-state index < -0.39 is 5.97 Å². The van der Waals surface area contributed by atoms with E-state index in [1.54, 1.807) is 0 Å². The first-order valence-electron chi connectivity index (χ1n) is 11.7. The molecule has 0 radical (unpaired) electrons. The minimum Gasteiger partial charge on any atom is -0.481 e. The number of carboxylic acid groups (broad SMARTS) is 1. The molecule has 154 valence electrons. The lowest BCUT2D eigenvalue weighted by Gasteiger charge is -2.61. The summed E-state index contributed by atoms with van der Waals surface area (Å²) in [5.74, 6) is 4.21. The van der Waals surface area contributed by atoms with E-state index in [0.29, 0.717) is 29.2 Å². The molecule has 3 N–H and O–H groups in total. The third kappa shape index (κ3) is 3.16. The third-order valence-electron chi connectivity index (χ3n) is 10.3. The second-order valence-corrected chi connectivity index (χ2v) is 11.3. The fourth-order valence-corrected chi connectivity index (χ4v) is 8.82. The first kappa shape index (κ1) is 19.7. The van der Waals surface area contributed by atoms with Crippen molar-refractivity contribution >= 4 is 5.97 Å². The lowest BCUT2D eigenvalue weighted by Crippen LogP contribution is -2.54. The van der Waals surface area contributed by atoms with Crippen LogP contribution in [0.15, 0.2) is 0 Å². The van der Waals surface area contributed by atoms with E-state index in [4.69, 9.17) is 10.8 Å². The largest absolute Gasteiger partial charge is 0.481 e. The lowest BCUT2D eigenvalue weighted by molar-refractivity contribution is -0.137. The van der Waals surface area contributed by atoms with Gasteiger partial charge in [-0.15, -0.1) is 0 Å². The predicted octanol–water partition coefficient (Wildman–Crippen LogP) is 5.47. The van der Waals surface area contributed by atoms with Crippen LogP contribution in [0.5, 0.6) is 0 Å². The van der Waals surface area contributed by atoms with E-state index >= 15 is 0 Å². The standard InChI is InChI=1S/C24H41NO2/c1-15(4-9-22(26)27)19-7-8-20-18-6-5-16-14-17(25)10-12-23(16,2)21(18)11-13-24(19,20)3/h15-21H,4-14,25H2,1-3H3,(H,26,27)/t15-,16-,17+,18+,19-,20+,21+,23+,24-/m1/s1. The van der Waals surface area contributed by atoms with Gasteiger partial charge in [0.2, 0.25) is 0 Å². The van der Waals surface area contributed by atoms with Crippen LogP contribution in [0.25, 0.3) is 0 Å². The van der Waals surface area contributed by atoms with E-state index in [1.165, 1.54) is 57.8 Å². The first-order chi connectivity index (χ1) is 12.8. The second-order valence-electron chi connectivity index (χ2n) is 11.3. The van der Waals surface area contributed by atoms with Gasteiger partial charge in [-0.25, -0.2) is 0 Å². The fourth-order valence-electron chi connectivity index (χ4n) is 8.82. The molecule has 0 unspecified atom stereocenters. The molecule has 4 fully saturated rings. The summed E-state index contributed by atoms with van der Waals surface area (Å²) < 4.78 is 0. The number of carboxylic acids is 1. The molecule has 4 saturated carbocycles. The number of carbonyl (C=O) groups is 1. The van der Waals surface area contributed by atoms with Crippen LogP contribution in [0, 0.1) is 46.3 Å². The van der Waals surface area contributed by atoms with Gasteiger partial charge >= 0.3 is 5.97 Å². The Morgan fingerprint density at radius 1 is 1.04 bits per heavy atom. The molecule has 0 aliphatic heterocycles. The number of fused-ring (bicyclic) bond motifs is 5. The van der Waals surface area contributed by atoms with Crippen molar-refractivity contribution in [2.24, 2.45) is 52.1 Å². The van der Waals surface area contributed by atoms with Gasteiger partial charge in [-0.2, -0.15) is 0 Å². The maximum absolute atomic E-state index is 11.1. The SMILES string of the molecule is C[C@H](CCC(=O)O)[C@H]1CC[C@H]2[C@@H]3CC[C@@H]4C[C@@H](N)CC[C@]4(C)[C@H]3CC[C@]12C. The molecular weight excluding hydrogens is 334 g/mol. The van der Waals surface area contributed by atoms with Gasteiger partial charge < -0.3 is 10.8 Å². The van der Waals surface area contributed by atoms with Crippen molar-refractivity contribution in [3.8, 4) is 0 Å². The van der Waals surface area contributed by atoms with Crippen LogP contribution >= 0.6 is 0 Å². The molecule has 4 aliphatic rings. The lowest BCUT2D eigenvalue weighted by atomic mass is 9.44. The van der Waals surface area contributed by atoms with Crippen LogP contribution in [-0.2, 0) is 4.79 Å². The molecule has 0 bridgehead atoms. The number of hydrogen-bond donors (Lipinski definition) is 2. The molecule has 4 aliphatic carbocycles. The van der Waals surface area contributed by atoms with Crippen molar-refractivity contribution in [2.75, 3.05) is 0 Å². The quantitative estimate of drug-likeness (QED) is 0.684. The average molecular weight is 376 g/mol. The van der Waals surface area contributed by atoms with Gasteiger partial charge in [-0.3, -0.25) is 4.79 Å². The van der Waals surface area contributed by atoms with Gasteiger partial charge in [-0.05, 0) is 111 Å². The van der Waals surface area contributed by atoms with Crippen molar-refractivity contribution in [3.05, 3.63) is 0 Å². The highest BCUT2D eigenvalue weighted by atomic mass is 16.4. The minimum absolute atomic E-state index is 0.338.